The van der Waals surface area contributed by atoms with Crippen molar-refractivity contribution in [3.05, 3.63) is 58.7 Å². The van der Waals surface area contributed by atoms with Gasteiger partial charge in [-0.15, -0.1) is 0 Å². The van der Waals surface area contributed by atoms with Crippen LogP contribution >= 0.6 is 0 Å². The number of rotatable bonds is 1. The summed E-state index contributed by atoms with van der Waals surface area (Å²) in [4.78, 5) is 0. The summed E-state index contributed by atoms with van der Waals surface area (Å²) in [6.07, 6.45) is 0. The summed E-state index contributed by atoms with van der Waals surface area (Å²) in [5, 5.41) is 18.2. The zero-order valence-electron chi connectivity index (χ0n) is 10.4. The minimum atomic E-state index is 0.560. The second-order valence-electron chi connectivity index (χ2n) is 4.29. The Labute approximate surface area is 107 Å². The van der Waals surface area contributed by atoms with Crippen LogP contribution in [-0.2, 0) is 0 Å². The molecule has 0 radical (unpaired) electrons. The molecular weight excluding hydrogens is 220 g/mol. The van der Waals surface area contributed by atoms with E-state index in [1.54, 1.807) is 6.92 Å². The molecule has 2 rings (SSSR count). The summed E-state index contributed by atoms with van der Waals surface area (Å²) in [5.74, 6) is 0. The van der Waals surface area contributed by atoms with Crippen LogP contribution in [0.4, 0.5) is 0 Å². The van der Waals surface area contributed by atoms with Crippen LogP contribution in [-0.4, -0.2) is 0 Å². The lowest BCUT2D eigenvalue weighted by molar-refractivity contribution is 1.35. The van der Waals surface area contributed by atoms with E-state index in [1.807, 2.05) is 43.3 Å². The van der Waals surface area contributed by atoms with Crippen LogP contribution < -0.4 is 0 Å². The lowest BCUT2D eigenvalue weighted by Crippen LogP contribution is -1.90. The lowest BCUT2D eigenvalue weighted by Gasteiger charge is -2.07. The standard InChI is InChI=1S/C16H12N2/c1-11-3-5-13(6-4-11)14-7-15(9-17)12(2)16(8-14)10-18/h3-8H,1-2H3. The molecule has 0 amide bonds. The first-order valence-corrected chi connectivity index (χ1v) is 5.67. The molecule has 2 aromatic carbocycles. The highest BCUT2D eigenvalue weighted by molar-refractivity contribution is 5.69. The minimum Gasteiger partial charge on any atom is -0.192 e. The molecule has 0 spiro atoms. The molecule has 18 heavy (non-hydrogen) atoms. The summed E-state index contributed by atoms with van der Waals surface area (Å²) in [6.45, 7) is 3.83. The fourth-order valence-corrected chi connectivity index (χ4v) is 1.86. The zero-order valence-corrected chi connectivity index (χ0v) is 10.4. The van der Waals surface area contributed by atoms with Gasteiger partial charge in [0.25, 0.3) is 0 Å². The molecule has 0 aliphatic carbocycles. The number of nitriles is 2. The molecular formula is C16H12N2. The first-order valence-electron chi connectivity index (χ1n) is 5.67. The van der Waals surface area contributed by atoms with E-state index >= 15 is 0 Å². The van der Waals surface area contributed by atoms with Crippen molar-refractivity contribution in [3.63, 3.8) is 0 Å². The average molecular weight is 232 g/mol. The first-order chi connectivity index (χ1) is 8.65. The topological polar surface area (TPSA) is 47.6 Å². The Balaban J connectivity index is 2.63. The molecule has 0 N–H and O–H groups in total. The Morgan fingerprint density at radius 1 is 0.778 bits per heavy atom. The summed E-state index contributed by atoms with van der Waals surface area (Å²) >= 11 is 0. The van der Waals surface area contributed by atoms with Gasteiger partial charge in [-0.1, -0.05) is 29.8 Å². The van der Waals surface area contributed by atoms with Gasteiger partial charge in [0.1, 0.15) is 0 Å². The van der Waals surface area contributed by atoms with Gasteiger partial charge in [-0.3, -0.25) is 0 Å². The van der Waals surface area contributed by atoms with E-state index in [4.69, 9.17) is 10.5 Å². The maximum absolute atomic E-state index is 9.09. The van der Waals surface area contributed by atoms with Gasteiger partial charge in [-0.25, -0.2) is 0 Å². The van der Waals surface area contributed by atoms with Crippen molar-refractivity contribution in [1.82, 2.24) is 0 Å². The van der Waals surface area contributed by atoms with E-state index in [1.165, 1.54) is 5.56 Å². The van der Waals surface area contributed by atoms with E-state index in [0.717, 1.165) is 16.7 Å². The van der Waals surface area contributed by atoms with E-state index in [2.05, 4.69) is 12.1 Å². The van der Waals surface area contributed by atoms with Crippen molar-refractivity contribution in [2.45, 2.75) is 13.8 Å². The van der Waals surface area contributed by atoms with Gasteiger partial charge in [0.15, 0.2) is 0 Å². The van der Waals surface area contributed by atoms with Crippen LogP contribution in [0.15, 0.2) is 36.4 Å². The van der Waals surface area contributed by atoms with Crippen LogP contribution in [0, 0.1) is 36.5 Å². The van der Waals surface area contributed by atoms with Crippen molar-refractivity contribution in [2.75, 3.05) is 0 Å². The summed E-state index contributed by atoms with van der Waals surface area (Å²) in [6, 6.07) is 16.0. The fourth-order valence-electron chi connectivity index (χ4n) is 1.86. The third-order valence-electron chi connectivity index (χ3n) is 3.03. The second-order valence-corrected chi connectivity index (χ2v) is 4.29. The summed E-state index contributed by atoms with van der Waals surface area (Å²) < 4.78 is 0. The van der Waals surface area contributed by atoms with Crippen LogP contribution in [0.3, 0.4) is 0 Å². The monoisotopic (exact) mass is 232 g/mol. The lowest BCUT2D eigenvalue weighted by atomic mass is 9.96. The highest BCUT2D eigenvalue weighted by Gasteiger charge is 2.08. The normalized spacial score (nSPS) is 9.56. The third-order valence-corrected chi connectivity index (χ3v) is 3.03. The zero-order chi connectivity index (χ0) is 13.1. The molecule has 0 unspecified atom stereocenters. The van der Waals surface area contributed by atoms with E-state index in [9.17, 15) is 0 Å². The summed E-state index contributed by atoms with van der Waals surface area (Å²) in [5.41, 5.74) is 4.99. The van der Waals surface area contributed by atoms with Gasteiger partial charge in [0, 0.05) is 0 Å². The molecule has 0 saturated heterocycles. The smallest absolute Gasteiger partial charge is 0.0995 e. The van der Waals surface area contributed by atoms with Gasteiger partial charge in [-0.2, -0.15) is 10.5 Å². The maximum Gasteiger partial charge on any atom is 0.0995 e. The largest absolute Gasteiger partial charge is 0.192 e. The molecule has 0 aliphatic heterocycles. The van der Waals surface area contributed by atoms with E-state index in [-0.39, 0.29) is 0 Å². The molecule has 2 aromatic rings. The molecule has 86 valence electrons. The number of hydrogen-bond donors (Lipinski definition) is 0. The van der Waals surface area contributed by atoms with E-state index in [0.29, 0.717) is 11.1 Å². The van der Waals surface area contributed by atoms with Gasteiger partial charge in [0.2, 0.25) is 0 Å². The second kappa shape index (κ2) is 4.73. The molecule has 2 nitrogen and oxygen atoms in total. The predicted octanol–water partition coefficient (Wildman–Crippen LogP) is 3.71. The molecule has 0 atom stereocenters. The van der Waals surface area contributed by atoms with Crippen molar-refractivity contribution in [2.24, 2.45) is 0 Å². The van der Waals surface area contributed by atoms with Gasteiger partial charge in [-0.05, 0) is 42.7 Å². The van der Waals surface area contributed by atoms with Crippen LogP contribution in [0.5, 0.6) is 0 Å². The molecule has 0 bridgehead atoms. The highest BCUT2D eigenvalue weighted by atomic mass is 14.3. The van der Waals surface area contributed by atoms with Crippen molar-refractivity contribution >= 4 is 0 Å². The van der Waals surface area contributed by atoms with Gasteiger partial charge < -0.3 is 0 Å². The third kappa shape index (κ3) is 2.10. The maximum atomic E-state index is 9.09. The van der Waals surface area contributed by atoms with Crippen molar-refractivity contribution < 1.29 is 0 Å². The number of nitrogens with zero attached hydrogens (tertiary/aromatic N) is 2. The minimum absolute atomic E-state index is 0.560. The van der Waals surface area contributed by atoms with E-state index < -0.39 is 0 Å². The molecule has 0 fully saturated rings. The Kier molecular flexibility index (Phi) is 3.13. The summed E-state index contributed by atoms with van der Waals surface area (Å²) in [7, 11) is 0. The Bertz CT molecular complexity index is 633. The quantitative estimate of drug-likeness (QED) is 0.752. The molecule has 0 saturated carbocycles. The molecule has 2 heteroatoms. The van der Waals surface area contributed by atoms with Crippen LogP contribution in [0.1, 0.15) is 22.3 Å². The van der Waals surface area contributed by atoms with Crippen molar-refractivity contribution in [1.29, 1.82) is 10.5 Å². The Morgan fingerprint density at radius 2 is 1.28 bits per heavy atom. The van der Waals surface area contributed by atoms with Gasteiger partial charge in [0.05, 0.1) is 23.3 Å². The SMILES string of the molecule is Cc1ccc(-c2cc(C#N)c(C)c(C#N)c2)cc1. The Hall–Kier alpha value is -2.58. The number of aryl methyl sites for hydroxylation is 1. The van der Waals surface area contributed by atoms with Crippen molar-refractivity contribution in [3.8, 4) is 23.3 Å². The highest BCUT2D eigenvalue weighted by Crippen LogP contribution is 2.25. The molecule has 0 aliphatic rings. The molecule has 0 heterocycles. The molecule has 0 aromatic heterocycles. The Morgan fingerprint density at radius 3 is 1.72 bits per heavy atom. The van der Waals surface area contributed by atoms with Crippen LogP contribution in [0.25, 0.3) is 11.1 Å². The first kappa shape index (κ1) is 11.9. The van der Waals surface area contributed by atoms with Crippen LogP contribution in [0.2, 0.25) is 0 Å². The fraction of sp³-hybridized carbons (Fsp3) is 0.125. The predicted molar refractivity (Wildman–Crippen MR) is 70.8 cm³/mol. The number of benzene rings is 2. The number of hydrogen-bond acceptors (Lipinski definition) is 2. The van der Waals surface area contributed by atoms with Gasteiger partial charge >= 0.3 is 0 Å². The average Bonchev–Trinajstić information content (AvgIpc) is 2.40.